The number of hydrogen-bond acceptors (Lipinski definition) is 3. The van der Waals surface area contributed by atoms with Gasteiger partial charge in [0, 0.05) is 24.2 Å². The van der Waals surface area contributed by atoms with E-state index in [9.17, 15) is 14.0 Å². The molecule has 0 aromatic heterocycles. The first-order valence-corrected chi connectivity index (χ1v) is 7.54. The molecule has 0 aliphatic carbocycles. The number of ether oxygens (including phenoxy) is 1. The molecule has 0 unspecified atom stereocenters. The van der Waals surface area contributed by atoms with E-state index >= 15 is 0 Å². The van der Waals surface area contributed by atoms with Crippen molar-refractivity contribution in [1.29, 1.82) is 0 Å². The van der Waals surface area contributed by atoms with Gasteiger partial charge in [-0.2, -0.15) is 0 Å². The summed E-state index contributed by atoms with van der Waals surface area (Å²) in [7, 11) is 0. The Kier molecular flexibility index (Phi) is 6.55. The van der Waals surface area contributed by atoms with Gasteiger partial charge in [0.2, 0.25) is 5.91 Å². The zero-order valence-corrected chi connectivity index (χ0v) is 13.6. The van der Waals surface area contributed by atoms with E-state index in [1.54, 1.807) is 24.3 Å². The first kappa shape index (κ1) is 18.0. The minimum atomic E-state index is -0.393. The van der Waals surface area contributed by atoms with Crippen molar-refractivity contribution in [2.24, 2.45) is 0 Å². The van der Waals surface area contributed by atoms with Crippen LogP contribution >= 0.6 is 0 Å². The molecule has 0 heterocycles. The molecular formula is C19H17FN2O3. The number of carbonyl (C=O) groups excluding carboxylic acids is 2. The molecule has 0 aliphatic rings. The van der Waals surface area contributed by atoms with Gasteiger partial charge < -0.3 is 15.4 Å². The summed E-state index contributed by atoms with van der Waals surface area (Å²) >= 11 is 0. The van der Waals surface area contributed by atoms with Gasteiger partial charge in [0.25, 0.3) is 5.91 Å². The van der Waals surface area contributed by atoms with Gasteiger partial charge in [0.05, 0.1) is 6.54 Å². The van der Waals surface area contributed by atoms with Crippen molar-refractivity contribution in [3.63, 3.8) is 0 Å². The number of amides is 2. The molecule has 5 nitrogen and oxygen atoms in total. The van der Waals surface area contributed by atoms with Gasteiger partial charge >= 0.3 is 0 Å². The second-order valence-electron chi connectivity index (χ2n) is 5.04. The molecule has 6 heteroatoms. The van der Waals surface area contributed by atoms with E-state index in [2.05, 4.69) is 22.5 Å². The van der Waals surface area contributed by atoms with Crippen LogP contribution in [0, 0.1) is 17.7 Å². The lowest BCUT2D eigenvalue weighted by Crippen LogP contribution is -2.23. The molecule has 128 valence electrons. The molecule has 0 saturated carbocycles. The Balaban J connectivity index is 1.75. The highest BCUT2D eigenvalue weighted by Gasteiger charge is 2.03. The number of carbonyl (C=O) groups is 2. The largest absolute Gasteiger partial charge is 0.481 e. The molecule has 2 amide bonds. The number of nitrogens with one attached hydrogen (secondary N) is 2. The predicted molar refractivity (Wildman–Crippen MR) is 92.7 cm³/mol. The van der Waals surface area contributed by atoms with Crippen LogP contribution in [-0.2, 0) is 4.79 Å². The van der Waals surface area contributed by atoms with Crippen LogP contribution in [-0.4, -0.2) is 25.0 Å². The highest BCUT2D eigenvalue weighted by atomic mass is 19.1. The Labute approximate surface area is 145 Å². The van der Waals surface area contributed by atoms with Gasteiger partial charge in [-0.3, -0.25) is 9.59 Å². The van der Waals surface area contributed by atoms with Gasteiger partial charge in [0.1, 0.15) is 18.2 Å². The fourth-order valence-corrected chi connectivity index (χ4v) is 1.93. The second-order valence-corrected chi connectivity index (χ2v) is 5.04. The van der Waals surface area contributed by atoms with Crippen molar-refractivity contribution in [2.75, 3.05) is 18.5 Å². The van der Waals surface area contributed by atoms with Crippen LogP contribution in [0.25, 0.3) is 0 Å². The zero-order chi connectivity index (χ0) is 18.1. The Bertz CT molecular complexity index is 807. The van der Waals surface area contributed by atoms with Crippen LogP contribution < -0.4 is 15.4 Å². The van der Waals surface area contributed by atoms with Crippen LogP contribution in [0.4, 0.5) is 10.1 Å². The van der Waals surface area contributed by atoms with Crippen molar-refractivity contribution in [3.8, 4) is 17.6 Å². The molecule has 0 radical (unpaired) electrons. The predicted octanol–water partition coefficient (Wildman–Crippen LogP) is 2.60. The van der Waals surface area contributed by atoms with E-state index in [-0.39, 0.29) is 25.0 Å². The molecule has 25 heavy (non-hydrogen) atoms. The van der Waals surface area contributed by atoms with Crippen LogP contribution in [0.1, 0.15) is 17.3 Å². The zero-order valence-electron chi connectivity index (χ0n) is 13.6. The summed E-state index contributed by atoms with van der Waals surface area (Å²) in [5, 5.41) is 5.27. The standard InChI is InChI=1S/C19H17FN2O3/c1-14(23)22-17-5-4-6-18(13-17)25-12-3-2-11-21-19(24)15-7-9-16(20)10-8-15/h4-10,13H,11-12H2,1H3,(H,21,24)(H,22,23). The minimum Gasteiger partial charge on any atom is -0.481 e. The maximum Gasteiger partial charge on any atom is 0.252 e. The third kappa shape index (κ3) is 6.36. The van der Waals surface area contributed by atoms with Crippen LogP contribution in [0.2, 0.25) is 0 Å². The fourth-order valence-electron chi connectivity index (χ4n) is 1.93. The van der Waals surface area contributed by atoms with E-state index in [1.807, 2.05) is 0 Å². The van der Waals surface area contributed by atoms with Gasteiger partial charge in [-0.05, 0) is 36.4 Å². The molecule has 0 saturated heterocycles. The van der Waals surface area contributed by atoms with Crippen LogP contribution in [0.15, 0.2) is 48.5 Å². The fraction of sp³-hybridized carbons (Fsp3) is 0.158. The first-order chi connectivity index (χ1) is 12.0. The van der Waals surface area contributed by atoms with E-state index in [1.165, 1.54) is 31.2 Å². The normalized spacial score (nSPS) is 9.52. The van der Waals surface area contributed by atoms with Crippen molar-refractivity contribution >= 4 is 17.5 Å². The number of halogens is 1. The Morgan fingerprint density at radius 3 is 2.60 bits per heavy atom. The first-order valence-electron chi connectivity index (χ1n) is 7.54. The number of anilines is 1. The van der Waals surface area contributed by atoms with E-state index in [0.29, 0.717) is 17.0 Å². The summed E-state index contributed by atoms with van der Waals surface area (Å²) in [6.45, 7) is 1.74. The number of rotatable bonds is 5. The topological polar surface area (TPSA) is 67.4 Å². The molecule has 0 aliphatic heterocycles. The average molecular weight is 340 g/mol. The Morgan fingerprint density at radius 2 is 1.88 bits per heavy atom. The SMILES string of the molecule is CC(=O)Nc1cccc(OCC#CCNC(=O)c2ccc(F)cc2)c1. The maximum absolute atomic E-state index is 12.8. The molecule has 0 fully saturated rings. The maximum atomic E-state index is 12.8. The van der Waals surface area contributed by atoms with Gasteiger partial charge in [0.15, 0.2) is 0 Å². The minimum absolute atomic E-state index is 0.149. The summed E-state index contributed by atoms with van der Waals surface area (Å²) in [5.41, 5.74) is 1.01. The molecule has 2 aromatic carbocycles. The highest BCUT2D eigenvalue weighted by molar-refractivity contribution is 5.94. The van der Waals surface area contributed by atoms with Gasteiger partial charge in [-0.25, -0.2) is 4.39 Å². The summed E-state index contributed by atoms with van der Waals surface area (Å²) in [6.07, 6.45) is 0. The van der Waals surface area contributed by atoms with E-state index in [0.717, 1.165) is 0 Å². The Hall–Kier alpha value is -3.33. The third-order valence-electron chi connectivity index (χ3n) is 3.03. The summed E-state index contributed by atoms with van der Waals surface area (Å²) < 4.78 is 18.2. The van der Waals surface area contributed by atoms with E-state index in [4.69, 9.17) is 4.74 Å². The third-order valence-corrected chi connectivity index (χ3v) is 3.03. The van der Waals surface area contributed by atoms with Crippen LogP contribution in [0.5, 0.6) is 5.75 Å². The van der Waals surface area contributed by atoms with E-state index < -0.39 is 5.82 Å². The summed E-state index contributed by atoms with van der Waals surface area (Å²) in [5.74, 6) is 5.25. The monoisotopic (exact) mass is 340 g/mol. The number of hydrogen-bond donors (Lipinski definition) is 2. The second kappa shape index (κ2) is 9.08. The molecule has 0 spiro atoms. The highest BCUT2D eigenvalue weighted by Crippen LogP contribution is 2.16. The molecule has 2 aromatic rings. The molecule has 0 atom stereocenters. The van der Waals surface area contributed by atoms with Crippen molar-refractivity contribution < 1.29 is 18.7 Å². The lowest BCUT2D eigenvalue weighted by molar-refractivity contribution is -0.114. The van der Waals surface area contributed by atoms with Gasteiger partial charge in [-0.15, -0.1) is 0 Å². The Morgan fingerprint density at radius 1 is 1.12 bits per heavy atom. The van der Waals surface area contributed by atoms with Gasteiger partial charge in [-0.1, -0.05) is 17.9 Å². The smallest absolute Gasteiger partial charge is 0.252 e. The number of benzene rings is 2. The average Bonchev–Trinajstić information content (AvgIpc) is 2.58. The summed E-state index contributed by atoms with van der Waals surface area (Å²) in [6, 6.07) is 12.2. The van der Waals surface area contributed by atoms with Crippen molar-refractivity contribution in [1.82, 2.24) is 5.32 Å². The lowest BCUT2D eigenvalue weighted by Gasteiger charge is -2.05. The lowest BCUT2D eigenvalue weighted by atomic mass is 10.2. The molecule has 2 N–H and O–H groups in total. The quantitative estimate of drug-likeness (QED) is 0.822. The molecular weight excluding hydrogens is 323 g/mol. The van der Waals surface area contributed by atoms with Crippen molar-refractivity contribution in [2.45, 2.75) is 6.92 Å². The molecule has 0 bridgehead atoms. The van der Waals surface area contributed by atoms with Crippen molar-refractivity contribution in [3.05, 3.63) is 59.9 Å². The summed E-state index contributed by atoms with van der Waals surface area (Å²) in [4.78, 5) is 22.8. The molecule has 2 rings (SSSR count). The van der Waals surface area contributed by atoms with Crippen LogP contribution in [0.3, 0.4) is 0 Å².